The van der Waals surface area contributed by atoms with Gasteiger partial charge in [-0.25, -0.2) is 8.42 Å². The normalized spacial score (nSPS) is 14.1. The van der Waals surface area contributed by atoms with Crippen LogP contribution in [-0.2, 0) is 10.0 Å². The number of fused-ring (bicyclic) bond motifs is 1. The van der Waals surface area contributed by atoms with Crippen LogP contribution < -0.4 is 14.8 Å². The quantitative estimate of drug-likeness (QED) is 0.857. The monoisotopic (exact) mass is 286 g/mol. The highest BCUT2D eigenvalue weighted by molar-refractivity contribution is 7.89. The lowest BCUT2D eigenvalue weighted by atomic mass is 10.2. The van der Waals surface area contributed by atoms with Crippen LogP contribution in [0.25, 0.3) is 0 Å². The van der Waals surface area contributed by atoms with Crippen molar-refractivity contribution in [2.75, 3.05) is 34.0 Å². The van der Waals surface area contributed by atoms with Crippen molar-refractivity contribution in [3.8, 4) is 11.5 Å². The lowest BCUT2D eigenvalue weighted by Gasteiger charge is -2.18. The van der Waals surface area contributed by atoms with Crippen LogP contribution >= 0.6 is 0 Å². The Labute approximate surface area is 113 Å². The van der Waals surface area contributed by atoms with Crippen molar-refractivity contribution in [1.29, 1.82) is 0 Å². The van der Waals surface area contributed by atoms with Crippen LogP contribution in [0.1, 0.15) is 5.56 Å². The van der Waals surface area contributed by atoms with E-state index in [0.29, 0.717) is 30.2 Å². The van der Waals surface area contributed by atoms with E-state index in [1.165, 1.54) is 10.4 Å². The van der Waals surface area contributed by atoms with Gasteiger partial charge in [0.05, 0.1) is 4.90 Å². The Morgan fingerprint density at radius 1 is 1.32 bits per heavy atom. The summed E-state index contributed by atoms with van der Waals surface area (Å²) >= 11 is 0. The Balaban J connectivity index is 2.35. The molecule has 6 nitrogen and oxygen atoms in total. The second kappa shape index (κ2) is 5.36. The van der Waals surface area contributed by atoms with Crippen molar-refractivity contribution in [3.63, 3.8) is 0 Å². The Hall–Kier alpha value is -1.31. The third-order valence-electron chi connectivity index (χ3n) is 3.04. The topological polar surface area (TPSA) is 67.9 Å². The molecule has 1 N–H and O–H groups in total. The first-order valence-electron chi connectivity index (χ1n) is 5.98. The first kappa shape index (κ1) is 14.1. The van der Waals surface area contributed by atoms with E-state index < -0.39 is 10.0 Å². The summed E-state index contributed by atoms with van der Waals surface area (Å²) < 4.78 is 36.7. The molecule has 0 spiro atoms. The Bertz CT molecular complexity index is 571. The summed E-state index contributed by atoms with van der Waals surface area (Å²) in [4.78, 5) is 0.260. The predicted molar refractivity (Wildman–Crippen MR) is 71.0 cm³/mol. The van der Waals surface area contributed by atoms with Gasteiger partial charge in [-0.1, -0.05) is 0 Å². The maximum atomic E-state index is 12.5. The van der Waals surface area contributed by atoms with Gasteiger partial charge in [0.15, 0.2) is 11.5 Å². The third kappa shape index (κ3) is 2.68. The molecule has 1 aromatic rings. The summed E-state index contributed by atoms with van der Waals surface area (Å²) in [6.07, 6.45) is 0. The molecule has 19 heavy (non-hydrogen) atoms. The summed E-state index contributed by atoms with van der Waals surface area (Å²) in [6, 6.07) is 3.23. The molecule has 0 unspecified atom stereocenters. The molecular formula is C12H18N2O4S. The Morgan fingerprint density at radius 3 is 2.58 bits per heavy atom. The number of rotatable bonds is 5. The van der Waals surface area contributed by atoms with Crippen molar-refractivity contribution in [2.24, 2.45) is 0 Å². The van der Waals surface area contributed by atoms with Gasteiger partial charge < -0.3 is 14.8 Å². The van der Waals surface area contributed by atoms with Gasteiger partial charge in [-0.05, 0) is 25.6 Å². The minimum atomic E-state index is -3.51. The van der Waals surface area contributed by atoms with E-state index in [1.54, 1.807) is 27.1 Å². The van der Waals surface area contributed by atoms with Crippen molar-refractivity contribution >= 4 is 10.0 Å². The van der Waals surface area contributed by atoms with E-state index >= 15 is 0 Å². The molecular weight excluding hydrogens is 268 g/mol. The van der Waals surface area contributed by atoms with Crippen molar-refractivity contribution in [1.82, 2.24) is 9.62 Å². The Kier molecular flexibility index (Phi) is 3.98. The van der Waals surface area contributed by atoms with Gasteiger partial charge in [-0.2, -0.15) is 4.31 Å². The summed E-state index contributed by atoms with van der Waals surface area (Å²) in [5.74, 6) is 1.07. The van der Waals surface area contributed by atoms with Gasteiger partial charge in [0.25, 0.3) is 0 Å². The van der Waals surface area contributed by atoms with Crippen LogP contribution in [-0.4, -0.2) is 46.7 Å². The number of hydrogen-bond acceptors (Lipinski definition) is 5. The van der Waals surface area contributed by atoms with Gasteiger partial charge >= 0.3 is 0 Å². The van der Waals surface area contributed by atoms with Gasteiger partial charge in [-0.3, -0.25) is 0 Å². The maximum Gasteiger partial charge on any atom is 0.243 e. The summed E-state index contributed by atoms with van der Waals surface area (Å²) in [7, 11) is -0.156. The van der Waals surface area contributed by atoms with Crippen LogP contribution in [0.5, 0.6) is 11.5 Å². The molecule has 0 saturated heterocycles. The fourth-order valence-electron chi connectivity index (χ4n) is 1.86. The standard InChI is InChI=1S/C12H18N2O4S/c1-9-6-10-11(18-8-17-10)7-12(9)19(15,16)14(3)5-4-13-2/h6-7,13H,4-5,8H2,1-3H3. The summed E-state index contributed by atoms with van der Waals surface area (Å²) in [5, 5.41) is 2.93. The minimum Gasteiger partial charge on any atom is -0.454 e. The second-order valence-electron chi connectivity index (χ2n) is 4.40. The maximum absolute atomic E-state index is 12.5. The zero-order valence-electron chi connectivity index (χ0n) is 11.3. The number of nitrogens with one attached hydrogen (secondary N) is 1. The van der Waals surface area contributed by atoms with Crippen LogP contribution in [0.15, 0.2) is 17.0 Å². The molecule has 0 bridgehead atoms. The number of hydrogen-bond donors (Lipinski definition) is 1. The van der Waals surface area contributed by atoms with E-state index in [0.717, 1.165) is 0 Å². The molecule has 1 heterocycles. The number of benzene rings is 1. The van der Waals surface area contributed by atoms with Crippen LogP contribution in [0.3, 0.4) is 0 Å². The molecule has 0 fully saturated rings. The SMILES string of the molecule is CNCCN(C)S(=O)(=O)c1cc2c(cc1C)OCO2. The number of ether oxygens (including phenoxy) is 2. The minimum absolute atomic E-state index is 0.133. The van der Waals surface area contributed by atoms with Gasteiger partial charge in [0, 0.05) is 26.2 Å². The molecule has 1 aliphatic rings. The van der Waals surface area contributed by atoms with E-state index in [1.807, 2.05) is 0 Å². The average molecular weight is 286 g/mol. The summed E-state index contributed by atoms with van der Waals surface area (Å²) in [6.45, 7) is 2.89. The van der Waals surface area contributed by atoms with E-state index in [-0.39, 0.29) is 11.7 Å². The molecule has 0 saturated carbocycles. The van der Waals surface area contributed by atoms with Crippen molar-refractivity contribution in [3.05, 3.63) is 17.7 Å². The number of aryl methyl sites for hydroxylation is 1. The highest BCUT2D eigenvalue weighted by Crippen LogP contribution is 2.36. The zero-order chi connectivity index (χ0) is 14.0. The number of nitrogens with zero attached hydrogens (tertiary/aromatic N) is 1. The molecule has 0 radical (unpaired) electrons. The molecule has 0 atom stereocenters. The molecule has 1 aliphatic heterocycles. The van der Waals surface area contributed by atoms with Gasteiger partial charge in [0.1, 0.15) is 0 Å². The molecule has 7 heteroatoms. The number of sulfonamides is 1. The molecule has 2 rings (SSSR count). The first-order chi connectivity index (χ1) is 8.96. The lowest BCUT2D eigenvalue weighted by Crippen LogP contribution is -2.33. The molecule has 1 aromatic carbocycles. The molecule has 106 valence electrons. The second-order valence-corrected chi connectivity index (χ2v) is 6.41. The Morgan fingerprint density at radius 2 is 1.95 bits per heavy atom. The third-order valence-corrected chi connectivity index (χ3v) is 5.03. The van der Waals surface area contributed by atoms with E-state index in [4.69, 9.17) is 9.47 Å². The van der Waals surface area contributed by atoms with Crippen LogP contribution in [0.2, 0.25) is 0 Å². The molecule has 0 aliphatic carbocycles. The molecule has 0 aromatic heterocycles. The highest BCUT2D eigenvalue weighted by atomic mass is 32.2. The van der Waals surface area contributed by atoms with Crippen LogP contribution in [0.4, 0.5) is 0 Å². The molecule has 0 amide bonds. The fraction of sp³-hybridized carbons (Fsp3) is 0.500. The van der Waals surface area contributed by atoms with E-state index in [2.05, 4.69) is 5.32 Å². The zero-order valence-corrected chi connectivity index (χ0v) is 12.1. The van der Waals surface area contributed by atoms with Crippen molar-refractivity contribution in [2.45, 2.75) is 11.8 Å². The van der Waals surface area contributed by atoms with E-state index in [9.17, 15) is 8.42 Å². The number of likely N-dealkylation sites (N-methyl/N-ethyl adjacent to an activating group) is 2. The van der Waals surface area contributed by atoms with Crippen molar-refractivity contribution < 1.29 is 17.9 Å². The first-order valence-corrected chi connectivity index (χ1v) is 7.42. The van der Waals surface area contributed by atoms with Gasteiger partial charge in [-0.15, -0.1) is 0 Å². The smallest absolute Gasteiger partial charge is 0.243 e. The average Bonchev–Trinajstić information content (AvgIpc) is 2.81. The lowest BCUT2D eigenvalue weighted by molar-refractivity contribution is 0.174. The summed E-state index contributed by atoms with van der Waals surface area (Å²) in [5.41, 5.74) is 0.653. The van der Waals surface area contributed by atoms with Crippen LogP contribution in [0, 0.1) is 6.92 Å². The largest absolute Gasteiger partial charge is 0.454 e. The highest BCUT2D eigenvalue weighted by Gasteiger charge is 2.26. The fourth-order valence-corrected chi connectivity index (χ4v) is 3.25. The van der Waals surface area contributed by atoms with Gasteiger partial charge in [0.2, 0.25) is 16.8 Å². The predicted octanol–water partition coefficient (Wildman–Crippen LogP) is 0.564.